The van der Waals surface area contributed by atoms with Crippen LogP contribution in [-0.4, -0.2) is 27.3 Å². The monoisotopic (exact) mass is 302 g/mol. The molecule has 0 bridgehead atoms. The van der Waals surface area contributed by atoms with Gasteiger partial charge in [0, 0.05) is 0 Å². The van der Waals surface area contributed by atoms with E-state index in [0.29, 0.717) is 3.57 Å². The minimum absolute atomic E-state index is 0.194. The third-order valence-corrected chi connectivity index (χ3v) is 2.10. The summed E-state index contributed by atoms with van der Waals surface area (Å²) in [4.78, 5) is 10.6. The van der Waals surface area contributed by atoms with Crippen LogP contribution in [0.2, 0.25) is 0 Å². The summed E-state index contributed by atoms with van der Waals surface area (Å²) in [5.41, 5.74) is -0.194. The molecule has 0 unspecified atom stereocenters. The molecule has 0 fully saturated rings. The first kappa shape index (κ1) is 10.4. The van der Waals surface area contributed by atoms with Crippen LogP contribution in [0, 0.1) is 3.57 Å². The number of aromatic carboxylic acids is 1. The molecule has 0 saturated heterocycles. The predicted molar refractivity (Wildman–Crippen MR) is 47.9 cm³/mol. The number of aromatic nitrogens is 2. The fourth-order valence-corrected chi connectivity index (χ4v) is 1.48. The van der Waals surface area contributed by atoms with Crippen LogP contribution in [0.1, 0.15) is 10.5 Å². The van der Waals surface area contributed by atoms with Gasteiger partial charge in [-0.15, -0.1) is 0 Å². The number of carboxylic acid groups (broad SMARTS) is 1. The number of carbonyl (C=O) groups is 1. The van der Waals surface area contributed by atoms with E-state index in [1.165, 1.54) is 6.20 Å². The molecule has 1 rings (SSSR count). The van der Waals surface area contributed by atoms with E-state index in [2.05, 4.69) is 5.10 Å². The highest BCUT2D eigenvalue weighted by molar-refractivity contribution is 14.1. The van der Waals surface area contributed by atoms with E-state index in [-0.39, 0.29) is 5.69 Å². The molecule has 0 aliphatic rings. The molecule has 0 aromatic carbocycles. The molecule has 13 heavy (non-hydrogen) atoms. The Kier molecular flexibility index (Phi) is 3.17. The van der Waals surface area contributed by atoms with Gasteiger partial charge in [0.05, 0.1) is 9.77 Å². The highest BCUT2D eigenvalue weighted by Crippen LogP contribution is 2.12. The van der Waals surface area contributed by atoms with Gasteiger partial charge in [-0.1, -0.05) is 0 Å². The van der Waals surface area contributed by atoms with E-state index in [4.69, 9.17) is 5.11 Å². The Morgan fingerprint density at radius 2 is 2.38 bits per heavy atom. The molecule has 0 atom stereocenters. The summed E-state index contributed by atoms with van der Waals surface area (Å²) < 4.78 is 25.0. The summed E-state index contributed by atoms with van der Waals surface area (Å²) in [6.45, 7) is -0.690. The van der Waals surface area contributed by atoms with Gasteiger partial charge < -0.3 is 5.11 Å². The number of alkyl halides is 2. The van der Waals surface area contributed by atoms with Crippen molar-refractivity contribution in [1.29, 1.82) is 0 Å². The maximum absolute atomic E-state index is 11.9. The van der Waals surface area contributed by atoms with Crippen molar-refractivity contribution in [1.82, 2.24) is 9.78 Å². The fraction of sp³-hybridized carbons (Fsp3) is 0.333. The Bertz CT molecular complexity index is 326. The van der Waals surface area contributed by atoms with Crippen molar-refractivity contribution >= 4 is 28.6 Å². The van der Waals surface area contributed by atoms with Crippen LogP contribution in [0.3, 0.4) is 0 Å². The minimum atomic E-state index is -2.60. The highest BCUT2D eigenvalue weighted by Gasteiger charge is 2.18. The van der Waals surface area contributed by atoms with Crippen LogP contribution in [-0.2, 0) is 6.54 Å². The van der Waals surface area contributed by atoms with Crippen LogP contribution in [0.4, 0.5) is 8.78 Å². The SMILES string of the molecule is O=C(O)c1c(I)cnn1CC(F)F. The number of rotatable bonds is 3. The van der Waals surface area contributed by atoms with Gasteiger partial charge >= 0.3 is 5.97 Å². The average molecular weight is 302 g/mol. The van der Waals surface area contributed by atoms with Gasteiger partial charge in [-0.05, 0) is 22.6 Å². The van der Waals surface area contributed by atoms with Gasteiger partial charge in [-0.2, -0.15) is 5.10 Å². The summed E-state index contributed by atoms with van der Waals surface area (Å²) in [7, 11) is 0. The first-order chi connectivity index (χ1) is 6.02. The van der Waals surface area contributed by atoms with E-state index in [9.17, 15) is 13.6 Å². The first-order valence-corrected chi connectivity index (χ1v) is 4.33. The van der Waals surface area contributed by atoms with Crippen LogP contribution < -0.4 is 0 Å². The smallest absolute Gasteiger partial charge is 0.355 e. The average Bonchev–Trinajstić information content (AvgIpc) is 2.30. The second-order valence-electron chi connectivity index (χ2n) is 2.22. The van der Waals surface area contributed by atoms with Crippen molar-refractivity contribution in [3.63, 3.8) is 0 Å². The standard InChI is InChI=1S/C6H5F2IN2O2/c7-4(8)2-11-5(6(12)13)3(9)1-10-11/h1,4H,2H2,(H,12,13). The normalized spacial score (nSPS) is 10.8. The second kappa shape index (κ2) is 3.99. The highest BCUT2D eigenvalue weighted by atomic mass is 127. The van der Waals surface area contributed by atoms with Crippen molar-refractivity contribution in [2.75, 3.05) is 0 Å². The molecule has 1 heterocycles. The number of nitrogens with zero attached hydrogens (tertiary/aromatic N) is 2. The van der Waals surface area contributed by atoms with Gasteiger partial charge in [0.25, 0.3) is 6.43 Å². The molecule has 0 aliphatic heterocycles. The summed E-state index contributed by atoms with van der Waals surface area (Å²) >= 11 is 1.73. The van der Waals surface area contributed by atoms with Crippen molar-refractivity contribution in [3.8, 4) is 0 Å². The van der Waals surface area contributed by atoms with E-state index >= 15 is 0 Å². The van der Waals surface area contributed by atoms with Gasteiger partial charge in [0.2, 0.25) is 0 Å². The zero-order chi connectivity index (χ0) is 10.0. The summed E-state index contributed by atoms with van der Waals surface area (Å²) in [6.07, 6.45) is -1.36. The summed E-state index contributed by atoms with van der Waals surface area (Å²) in [6, 6.07) is 0. The Hall–Kier alpha value is -0.730. The maximum atomic E-state index is 11.9. The third kappa shape index (κ3) is 2.36. The van der Waals surface area contributed by atoms with Gasteiger partial charge in [-0.25, -0.2) is 13.6 Å². The Balaban J connectivity index is 3.00. The van der Waals surface area contributed by atoms with Crippen molar-refractivity contribution in [2.45, 2.75) is 13.0 Å². The molecule has 4 nitrogen and oxygen atoms in total. The zero-order valence-corrected chi connectivity index (χ0v) is 8.40. The van der Waals surface area contributed by atoms with Crippen LogP contribution >= 0.6 is 22.6 Å². The molecule has 0 spiro atoms. The number of hydrogen-bond acceptors (Lipinski definition) is 2. The Labute approximate surface area is 85.7 Å². The van der Waals surface area contributed by atoms with E-state index in [1.807, 2.05) is 0 Å². The number of carboxylic acids is 1. The lowest BCUT2D eigenvalue weighted by atomic mass is 10.4. The predicted octanol–water partition coefficient (Wildman–Crippen LogP) is 1.45. The molecule has 1 aromatic rings. The number of hydrogen-bond donors (Lipinski definition) is 1. The molecule has 0 amide bonds. The first-order valence-electron chi connectivity index (χ1n) is 3.25. The van der Waals surface area contributed by atoms with Gasteiger partial charge in [-0.3, -0.25) is 4.68 Å². The minimum Gasteiger partial charge on any atom is -0.476 e. The quantitative estimate of drug-likeness (QED) is 0.860. The molecule has 7 heteroatoms. The molecule has 72 valence electrons. The van der Waals surface area contributed by atoms with Gasteiger partial charge in [0.15, 0.2) is 5.69 Å². The van der Waals surface area contributed by atoms with Crippen molar-refractivity contribution in [3.05, 3.63) is 15.5 Å². The zero-order valence-electron chi connectivity index (χ0n) is 6.25. The molecular formula is C6H5F2IN2O2. The second-order valence-corrected chi connectivity index (χ2v) is 3.38. The van der Waals surface area contributed by atoms with E-state index in [1.54, 1.807) is 22.6 Å². The number of halogens is 3. The molecular weight excluding hydrogens is 297 g/mol. The van der Waals surface area contributed by atoms with Gasteiger partial charge in [0.1, 0.15) is 6.54 Å². The van der Waals surface area contributed by atoms with Crippen LogP contribution in [0.15, 0.2) is 6.20 Å². The molecule has 1 aromatic heterocycles. The van der Waals surface area contributed by atoms with Crippen molar-refractivity contribution < 1.29 is 18.7 Å². The Morgan fingerprint density at radius 1 is 1.77 bits per heavy atom. The molecule has 0 aliphatic carbocycles. The van der Waals surface area contributed by atoms with E-state index < -0.39 is 18.9 Å². The molecule has 0 radical (unpaired) electrons. The maximum Gasteiger partial charge on any atom is 0.355 e. The largest absolute Gasteiger partial charge is 0.476 e. The topological polar surface area (TPSA) is 55.1 Å². The van der Waals surface area contributed by atoms with Crippen LogP contribution in [0.25, 0.3) is 0 Å². The lowest BCUT2D eigenvalue weighted by Crippen LogP contribution is -2.15. The lowest BCUT2D eigenvalue weighted by molar-refractivity contribution is 0.0670. The lowest BCUT2D eigenvalue weighted by Gasteiger charge is -2.02. The summed E-state index contributed by atoms with van der Waals surface area (Å²) in [5, 5.41) is 12.2. The fourth-order valence-electron chi connectivity index (χ4n) is 0.844. The van der Waals surface area contributed by atoms with Crippen molar-refractivity contribution in [2.24, 2.45) is 0 Å². The summed E-state index contributed by atoms with van der Waals surface area (Å²) in [5.74, 6) is -1.25. The molecule has 0 saturated carbocycles. The Morgan fingerprint density at radius 3 is 2.85 bits per heavy atom. The van der Waals surface area contributed by atoms with Crippen LogP contribution in [0.5, 0.6) is 0 Å². The third-order valence-electron chi connectivity index (χ3n) is 1.31. The molecule has 1 N–H and O–H groups in total. The van der Waals surface area contributed by atoms with E-state index in [0.717, 1.165) is 4.68 Å².